The van der Waals surface area contributed by atoms with Gasteiger partial charge in [0.25, 0.3) is 11.8 Å². The van der Waals surface area contributed by atoms with Crippen LogP contribution in [0.15, 0.2) is 36.4 Å². The molecular formula is C30H45N3O6. The predicted octanol–water partition coefficient (Wildman–Crippen LogP) is 4.88. The van der Waals surface area contributed by atoms with Crippen LogP contribution in [-0.4, -0.2) is 62.8 Å². The van der Waals surface area contributed by atoms with Crippen LogP contribution in [0.1, 0.15) is 92.4 Å². The number of hydrogen-bond acceptors (Lipinski definition) is 8. The number of unbranched alkanes of at least 4 members (excludes halogenated alkanes) is 2. The molecule has 9 nitrogen and oxygen atoms in total. The minimum Gasteiger partial charge on any atom is -0.504 e. The molecule has 9 heteroatoms. The summed E-state index contributed by atoms with van der Waals surface area (Å²) in [6.07, 6.45) is 7.47. The number of carbonyl (C=O) groups is 2. The molecule has 0 saturated carbocycles. The van der Waals surface area contributed by atoms with Crippen LogP contribution < -0.4 is 11.1 Å². The lowest BCUT2D eigenvalue weighted by atomic mass is 9.85. The second kappa shape index (κ2) is 16.6. The summed E-state index contributed by atoms with van der Waals surface area (Å²) in [4.78, 5) is 29.2. The Labute approximate surface area is 231 Å². The molecule has 0 aromatic heterocycles. The number of rotatable bonds is 17. The number of phenolic OH excluding ortho intramolecular Hbond substituents is 4. The van der Waals surface area contributed by atoms with Gasteiger partial charge < -0.3 is 31.5 Å². The van der Waals surface area contributed by atoms with E-state index in [4.69, 9.17) is 5.73 Å². The molecule has 0 aliphatic heterocycles. The number of phenols is 4. The van der Waals surface area contributed by atoms with E-state index in [-0.39, 0.29) is 17.0 Å². The van der Waals surface area contributed by atoms with Gasteiger partial charge in [-0.15, -0.1) is 0 Å². The zero-order valence-electron chi connectivity index (χ0n) is 23.2. The Bertz CT molecular complexity index is 997. The van der Waals surface area contributed by atoms with Crippen molar-refractivity contribution in [2.45, 2.75) is 77.7 Å². The zero-order chi connectivity index (χ0) is 28.8. The molecule has 2 amide bonds. The van der Waals surface area contributed by atoms with Gasteiger partial charge in [0, 0.05) is 6.04 Å². The van der Waals surface area contributed by atoms with E-state index < -0.39 is 40.9 Å². The monoisotopic (exact) mass is 543 g/mol. The molecule has 0 aliphatic rings. The molecule has 0 saturated heterocycles. The number of para-hydroxylation sites is 2. The van der Waals surface area contributed by atoms with E-state index in [2.05, 4.69) is 19.2 Å². The fourth-order valence-electron chi connectivity index (χ4n) is 4.98. The molecule has 7 N–H and O–H groups in total. The first kappa shape index (κ1) is 31.9. The van der Waals surface area contributed by atoms with Gasteiger partial charge >= 0.3 is 0 Å². The third-order valence-electron chi connectivity index (χ3n) is 7.05. The molecule has 0 fully saturated rings. The predicted molar refractivity (Wildman–Crippen MR) is 152 cm³/mol. The van der Waals surface area contributed by atoms with Gasteiger partial charge in [-0.1, -0.05) is 51.7 Å². The Morgan fingerprint density at radius 3 is 1.85 bits per heavy atom. The van der Waals surface area contributed by atoms with Crippen LogP contribution in [0.4, 0.5) is 0 Å². The van der Waals surface area contributed by atoms with E-state index >= 15 is 0 Å². The number of aromatic hydroxyl groups is 4. The summed E-state index contributed by atoms with van der Waals surface area (Å²) in [5.41, 5.74) is 5.17. The number of nitrogens with one attached hydrogen (secondary N) is 1. The van der Waals surface area contributed by atoms with Gasteiger partial charge in [0.1, 0.15) is 0 Å². The van der Waals surface area contributed by atoms with E-state index in [0.717, 1.165) is 56.4 Å². The molecule has 2 aromatic rings. The van der Waals surface area contributed by atoms with Gasteiger partial charge in [0.15, 0.2) is 23.0 Å². The van der Waals surface area contributed by atoms with Crippen molar-refractivity contribution in [1.29, 1.82) is 0 Å². The molecule has 2 rings (SSSR count). The fraction of sp³-hybridized carbons (Fsp3) is 0.533. The van der Waals surface area contributed by atoms with Crippen LogP contribution in [0.25, 0.3) is 0 Å². The maximum absolute atomic E-state index is 14.0. The first-order valence-corrected chi connectivity index (χ1v) is 14.1. The lowest BCUT2D eigenvalue weighted by molar-refractivity contribution is 0.0450. The van der Waals surface area contributed by atoms with Gasteiger partial charge in [0.05, 0.1) is 11.1 Å². The minimum absolute atomic E-state index is 0.0163. The first-order valence-electron chi connectivity index (χ1n) is 14.1. The molecule has 2 aromatic carbocycles. The molecule has 216 valence electrons. The molecule has 2 atom stereocenters. The van der Waals surface area contributed by atoms with Crippen molar-refractivity contribution in [1.82, 2.24) is 10.2 Å². The molecule has 0 spiro atoms. The number of nitrogens with two attached hydrogens (primary N) is 1. The number of benzene rings is 2. The largest absolute Gasteiger partial charge is 0.504 e. The average Bonchev–Trinajstić information content (AvgIpc) is 2.92. The normalized spacial score (nSPS) is 12.7. The van der Waals surface area contributed by atoms with Crippen LogP contribution in [0, 0.1) is 5.92 Å². The smallest absolute Gasteiger partial charge is 0.264 e. The third kappa shape index (κ3) is 8.86. The van der Waals surface area contributed by atoms with Gasteiger partial charge in [-0.25, -0.2) is 0 Å². The zero-order valence-corrected chi connectivity index (χ0v) is 23.2. The molecule has 0 heterocycles. The number of amides is 2. The van der Waals surface area contributed by atoms with Crippen LogP contribution in [0.5, 0.6) is 23.0 Å². The Kier molecular flexibility index (Phi) is 13.6. The molecular weight excluding hydrogens is 498 g/mol. The van der Waals surface area contributed by atoms with Crippen molar-refractivity contribution in [3.05, 3.63) is 47.5 Å². The second-order valence-corrected chi connectivity index (χ2v) is 9.97. The van der Waals surface area contributed by atoms with Gasteiger partial charge in [-0.2, -0.15) is 0 Å². The fourth-order valence-corrected chi connectivity index (χ4v) is 4.98. The maximum atomic E-state index is 14.0. The van der Waals surface area contributed by atoms with Crippen LogP contribution in [0.3, 0.4) is 0 Å². The van der Waals surface area contributed by atoms with E-state index in [1.807, 2.05) is 0 Å². The summed E-state index contributed by atoms with van der Waals surface area (Å²) >= 11 is 0. The maximum Gasteiger partial charge on any atom is 0.264 e. The lowest BCUT2D eigenvalue weighted by Gasteiger charge is -2.37. The van der Waals surface area contributed by atoms with Crippen LogP contribution in [0.2, 0.25) is 0 Å². The highest BCUT2D eigenvalue weighted by molar-refractivity contribution is 6.13. The lowest BCUT2D eigenvalue weighted by Crippen LogP contribution is -2.48. The highest BCUT2D eigenvalue weighted by Gasteiger charge is 2.38. The quantitative estimate of drug-likeness (QED) is 0.0937. The van der Waals surface area contributed by atoms with Crippen LogP contribution in [-0.2, 0) is 0 Å². The molecule has 0 radical (unpaired) electrons. The van der Waals surface area contributed by atoms with Crippen molar-refractivity contribution in [2.75, 3.05) is 19.6 Å². The molecule has 39 heavy (non-hydrogen) atoms. The number of imide groups is 1. The van der Waals surface area contributed by atoms with E-state index in [0.29, 0.717) is 25.9 Å². The highest BCUT2D eigenvalue weighted by Crippen LogP contribution is 2.36. The summed E-state index contributed by atoms with van der Waals surface area (Å²) in [6.45, 7) is 6.22. The van der Waals surface area contributed by atoms with E-state index in [9.17, 15) is 30.0 Å². The summed E-state index contributed by atoms with van der Waals surface area (Å²) < 4.78 is 0. The Balaban J connectivity index is 2.59. The summed E-state index contributed by atoms with van der Waals surface area (Å²) in [5.74, 6) is -3.72. The van der Waals surface area contributed by atoms with Gasteiger partial charge in [0.2, 0.25) is 0 Å². The Morgan fingerprint density at radius 1 is 0.769 bits per heavy atom. The second-order valence-electron chi connectivity index (χ2n) is 9.97. The SMILES string of the molecule is CCCCCC(CCC)C(CCCNCCCN)N(C(=O)c1cccc(O)c1O)C(=O)c1cccc(O)c1O. The number of hydrogen-bond donors (Lipinski definition) is 6. The van der Waals surface area contributed by atoms with Crippen LogP contribution >= 0.6 is 0 Å². The van der Waals surface area contributed by atoms with Crippen molar-refractivity contribution >= 4 is 11.8 Å². The number of carbonyl (C=O) groups excluding carboxylic acids is 2. The Morgan fingerprint density at radius 2 is 1.33 bits per heavy atom. The molecule has 2 unspecified atom stereocenters. The third-order valence-corrected chi connectivity index (χ3v) is 7.05. The molecule has 0 aliphatic carbocycles. The standard InChI is InChI=1S/C30H45N3O6/c1-3-5-6-12-21(11-4-2)24(15-9-19-32-20-10-18-31)33(29(38)22-13-7-16-25(34)27(22)36)30(39)23-14-8-17-26(35)28(23)37/h7-8,13-14,16-17,21,24,32,34-37H,3-6,9-12,15,18-20,31H2,1-2H3. The summed E-state index contributed by atoms with van der Waals surface area (Å²) in [6, 6.07) is 7.55. The number of nitrogens with zero attached hydrogens (tertiary/aromatic N) is 1. The minimum atomic E-state index is -0.770. The van der Waals surface area contributed by atoms with Crippen molar-refractivity contribution in [3.8, 4) is 23.0 Å². The summed E-state index contributed by atoms with van der Waals surface area (Å²) in [5, 5.41) is 44.6. The van der Waals surface area contributed by atoms with Crippen molar-refractivity contribution in [2.24, 2.45) is 11.7 Å². The van der Waals surface area contributed by atoms with Gasteiger partial charge in [-0.05, 0) is 81.9 Å². The van der Waals surface area contributed by atoms with Gasteiger partial charge in [-0.3, -0.25) is 14.5 Å². The summed E-state index contributed by atoms with van der Waals surface area (Å²) in [7, 11) is 0. The van der Waals surface area contributed by atoms with Crippen molar-refractivity contribution < 1.29 is 30.0 Å². The van der Waals surface area contributed by atoms with E-state index in [1.54, 1.807) is 0 Å². The van der Waals surface area contributed by atoms with E-state index in [1.165, 1.54) is 36.4 Å². The first-order chi connectivity index (χ1) is 18.8. The molecule has 0 bridgehead atoms. The van der Waals surface area contributed by atoms with Crippen molar-refractivity contribution in [3.63, 3.8) is 0 Å². The topological polar surface area (TPSA) is 156 Å². The highest BCUT2D eigenvalue weighted by atomic mass is 16.3. The Hall–Kier alpha value is -3.30. The average molecular weight is 544 g/mol.